The third kappa shape index (κ3) is 3.43. The van der Waals surface area contributed by atoms with Gasteiger partial charge in [-0.25, -0.2) is 0 Å². The molecule has 160 valence electrons. The largest absolute Gasteiger partial charge is 0.0985 e. The SMILES string of the molecule is C=CC(/C=C/C(C)C1CCC2C3CC=C4CCCCC4(C)C3CCC12C)=C(C)C. The molecule has 7 atom stereocenters. The Hall–Kier alpha value is -1.04. The van der Waals surface area contributed by atoms with Gasteiger partial charge in [0.2, 0.25) is 0 Å². The van der Waals surface area contributed by atoms with Gasteiger partial charge in [0.1, 0.15) is 0 Å². The number of hydrogen-bond donors (Lipinski definition) is 0. The highest BCUT2D eigenvalue weighted by Gasteiger charge is 2.58. The zero-order chi connectivity index (χ0) is 20.8. The van der Waals surface area contributed by atoms with Crippen molar-refractivity contribution in [3.63, 3.8) is 0 Å². The van der Waals surface area contributed by atoms with Crippen molar-refractivity contribution in [1.29, 1.82) is 0 Å². The van der Waals surface area contributed by atoms with E-state index in [1.165, 1.54) is 68.9 Å². The molecule has 0 saturated heterocycles. The molecule has 0 aromatic carbocycles. The lowest BCUT2D eigenvalue weighted by Gasteiger charge is -2.58. The molecule has 3 fully saturated rings. The van der Waals surface area contributed by atoms with Crippen LogP contribution in [0.2, 0.25) is 0 Å². The summed E-state index contributed by atoms with van der Waals surface area (Å²) >= 11 is 0. The van der Waals surface area contributed by atoms with Crippen molar-refractivity contribution in [3.05, 3.63) is 47.6 Å². The molecular weight excluding hydrogens is 348 g/mol. The van der Waals surface area contributed by atoms with Gasteiger partial charge in [0.25, 0.3) is 0 Å². The van der Waals surface area contributed by atoms with Crippen molar-refractivity contribution in [2.24, 2.45) is 40.4 Å². The van der Waals surface area contributed by atoms with Crippen molar-refractivity contribution in [1.82, 2.24) is 0 Å². The first kappa shape index (κ1) is 21.2. The van der Waals surface area contributed by atoms with Crippen molar-refractivity contribution in [3.8, 4) is 0 Å². The first-order valence-corrected chi connectivity index (χ1v) is 12.5. The van der Waals surface area contributed by atoms with Crippen molar-refractivity contribution < 1.29 is 0 Å². The van der Waals surface area contributed by atoms with Crippen LogP contribution < -0.4 is 0 Å². The molecule has 4 aliphatic rings. The standard InChI is InChI=1S/C29H44/c1-7-22(20(2)3)12-11-21(4)25-15-16-26-24-14-13-23-10-8-9-18-28(23,5)27(24)17-19-29(25,26)6/h7,11-13,21,24-27H,1,8-10,14-19H2,2-6H3/b12-11+. The molecule has 0 aromatic heterocycles. The van der Waals surface area contributed by atoms with Crippen LogP contribution in [-0.2, 0) is 0 Å². The summed E-state index contributed by atoms with van der Waals surface area (Å²) < 4.78 is 0. The van der Waals surface area contributed by atoms with Crippen LogP contribution in [-0.4, -0.2) is 0 Å². The second-order valence-corrected chi connectivity index (χ2v) is 11.6. The summed E-state index contributed by atoms with van der Waals surface area (Å²) in [5.74, 6) is 4.36. The Balaban J connectivity index is 1.55. The van der Waals surface area contributed by atoms with Crippen molar-refractivity contribution in [2.45, 2.75) is 92.4 Å². The molecule has 0 spiro atoms. The van der Waals surface area contributed by atoms with Crippen LogP contribution in [0.25, 0.3) is 0 Å². The monoisotopic (exact) mass is 392 g/mol. The maximum absolute atomic E-state index is 4.01. The first-order chi connectivity index (χ1) is 13.8. The predicted octanol–water partition coefficient (Wildman–Crippen LogP) is 8.67. The molecule has 3 saturated carbocycles. The van der Waals surface area contributed by atoms with E-state index in [2.05, 4.69) is 59.4 Å². The average Bonchev–Trinajstić information content (AvgIpc) is 3.05. The van der Waals surface area contributed by atoms with Gasteiger partial charge in [-0.05, 0) is 111 Å². The summed E-state index contributed by atoms with van der Waals surface area (Å²) in [6.45, 7) is 16.2. The summed E-state index contributed by atoms with van der Waals surface area (Å²) in [7, 11) is 0. The number of rotatable bonds is 4. The normalized spacial score (nSPS) is 42.4. The second kappa shape index (κ2) is 7.90. The Morgan fingerprint density at radius 2 is 1.90 bits per heavy atom. The van der Waals surface area contributed by atoms with E-state index in [4.69, 9.17) is 0 Å². The van der Waals surface area contributed by atoms with E-state index >= 15 is 0 Å². The fraction of sp³-hybridized carbons (Fsp3) is 0.724. The first-order valence-electron chi connectivity index (χ1n) is 12.5. The molecule has 4 rings (SSSR count). The summed E-state index contributed by atoms with van der Waals surface area (Å²) in [4.78, 5) is 0. The van der Waals surface area contributed by atoms with Crippen LogP contribution in [0.15, 0.2) is 47.6 Å². The quantitative estimate of drug-likeness (QED) is 0.331. The molecular formula is C29H44. The minimum Gasteiger partial charge on any atom is -0.0985 e. The van der Waals surface area contributed by atoms with E-state index in [9.17, 15) is 0 Å². The predicted molar refractivity (Wildman–Crippen MR) is 127 cm³/mol. The summed E-state index contributed by atoms with van der Waals surface area (Å²) in [6.07, 6.45) is 22.5. The number of fused-ring (bicyclic) bond motifs is 5. The van der Waals surface area contributed by atoms with E-state index in [-0.39, 0.29) is 0 Å². The lowest BCUT2D eigenvalue weighted by Crippen LogP contribution is -2.49. The Kier molecular flexibility index (Phi) is 5.77. The van der Waals surface area contributed by atoms with E-state index in [0.29, 0.717) is 16.7 Å². The van der Waals surface area contributed by atoms with E-state index < -0.39 is 0 Å². The average molecular weight is 393 g/mol. The zero-order valence-electron chi connectivity index (χ0n) is 19.8. The third-order valence-electron chi connectivity index (χ3n) is 10.1. The molecule has 0 heterocycles. The maximum atomic E-state index is 4.01. The highest BCUT2D eigenvalue weighted by molar-refractivity contribution is 5.33. The minimum atomic E-state index is 0.536. The van der Waals surface area contributed by atoms with Crippen LogP contribution in [0.5, 0.6) is 0 Å². The number of hydrogen-bond acceptors (Lipinski definition) is 0. The molecule has 0 heteroatoms. The molecule has 7 unspecified atom stereocenters. The molecule has 0 nitrogen and oxygen atoms in total. The fourth-order valence-electron chi connectivity index (χ4n) is 8.43. The molecule has 0 radical (unpaired) electrons. The Morgan fingerprint density at radius 3 is 2.62 bits per heavy atom. The summed E-state index contributed by atoms with van der Waals surface area (Å²) in [5, 5.41) is 0. The van der Waals surface area contributed by atoms with Gasteiger partial charge >= 0.3 is 0 Å². The highest BCUT2D eigenvalue weighted by Crippen LogP contribution is 2.67. The van der Waals surface area contributed by atoms with Gasteiger partial charge in [0.05, 0.1) is 0 Å². The summed E-state index contributed by atoms with van der Waals surface area (Å²) in [5.41, 5.74) is 5.59. The molecule has 4 aliphatic carbocycles. The molecule has 0 N–H and O–H groups in total. The lowest BCUT2D eigenvalue weighted by atomic mass is 9.47. The van der Waals surface area contributed by atoms with Gasteiger partial charge in [-0.3, -0.25) is 0 Å². The van der Waals surface area contributed by atoms with E-state index in [1.54, 1.807) is 0 Å². The Morgan fingerprint density at radius 1 is 1.10 bits per heavy atom. The summed E-state index contributed by atoms with van der Waals surface area (Å²) in [6, 6.07) is 0. The van der Waals surface area contributed by atoms with Gasteiger partial charge in [0, 0.05) is 0 Å². The van der Waals surface area contributed by atoms with Gasteiger partial charge in [-0.1, -0.05) is 69.2 Å². The fourth-order valence-corrected chi connectivity index (χ4v) is 8.43. The van der Waals surface area contributed by atoms with E-state index in [1.807, 2.05) is 11.6 Å². The topological polar surface area (TPSA) is 0 Å². The van der Waals surface area contributed by atoms with Crippen molar-refractivity contribution >= 4 is 0 Å². The molecule has 0 aromatic rings. The van der Waals surface area contributed by atoms with E-state index in [0.717, 1.165) is 23.7 Å². The van der Waals surface area contributed by atoms with Crippen LogP contribution in [0.1, 0.15) is 92.4 Å². The Bertz CT molecular complexity index is 729. The Labute approximate surface area is 180 Å². The van der Waals surface area contributed by atoms with Crippen LogP contribution in [0.3, 0.4) is 0 Å². The van der Waals surface area contributed by atoms with Crippen LogP contribution >= 0.6 is 0 Å². The molecule has 29 heavy (non-hydrogen) atoms. The van der Waals surface area contributed by atoms with Crippen LogP contribution in [0.4, 0.5) is 0 Å². The maximum Gasteiger partial charge on any atom is -0.00853 e. The van der Waals surface area contributed by atoms with Crippen molar-refractivity contribution in [2.75, 3.05) is 0 Å². The van der Waals surface area contributed by atoms with Gasteiger partial charge in [-0.15, -0.1) is 0 Å². The minimum absolute atomic E-state index is 0.536. The third-order valence-corrected chi connectivity index (χ3v) is 10.1. The van der Waals surface area contributed by atoms with Gasteiger partial charge in [-0.2, -0.15) is 0 Å². The smallest absolute Gasteiger partial charge is 0.00853 e. The second-order valence-electron chi connectivity index (χ2n) is 11.6. The highest BCUT2D eigenvalue weighted by atomic mass is 14.6. The number of allylic oxidation sites excluding steroid dienone is 7. The van der Waals surface area contributed by atoms with Crippen LogP contribution in [0, 0.1) is 40.4 Å². The van der Waals surface area contributed by atoms with Gasteiger partial charge in [0.15, 0.2) is 0 Å². The zero-order valence-corrected chi connectivity index (χ0v) is 19.8. The molecule has 0 amide bonds. The van der Waals surface area contributed by atoms with Gasteiger partial charge < -0.3 is 0 Å². The lowest BCUT2D eigenvalue weighted by molar-refractivity contribution is -0.0462. The molecule has 0 aliphatic heterocycles. The molecule has 0 bridgehead atoms.